The quantitative estimate of drug-likeness (QED) is 0.279. The molecule has 5 heteroatoms. The summed E-state index contributed by atoms with van der Waals surface area (Å²) in [5, 5.41) is 5.52. The highest BCUT2D eigenvalue weighted by Gasteiger charge is 1.43. The molecule has 0 bridgehead atoms. The molecule has 5 heavy (non-hydrogen) atoms. The second kappa shape index (κ2) is 3.42. The van der Waals surface area contributed by atoms with Crippen molar-refractivity contribution in [3.05, 3.63) is 0 Å². The molecule has 0 heterocycles. The van der Waals surface area contributed by atoms with Crippen molar-refractivity contribution in [2.75, 3.05) is 0 Å². The van der Waals surface area contributed by atoms with E-state index in [2.05, 4.69) is 33.2 Å². The minimum Gasteiger partial charge on any atom is -0.303 e. The Morgan fingerprint density at radius 2 is 2.20 bits per heavy atom. The van der Waals surface area contributed by atoms with Crippen LogP contribution in [0.15, 0.2) is 14.9 Å². The lowest BCUT2D eigenvalue weighted by Gasteiger charge is -1.56. The average Bonchev–Trinajstić information content (AvgIpc) is 1.41. The summed E-state index contributed by atoms with van der Waals surface area (Å²) in [6, 6.07) is 0. The molecule has 0 spiro atoms. The Morgan fingerprint density at radius 3 is 2.20 bits per heavy atom. The fourth-order valence-electron chi connectivity index (χ4n) is 0.0211. The van der Waals surface area contributed by atoms with Gasteiger partial charge in [0, 0.05) is 0 Å². The van der Waals surface area contributed by atoms with Crippen LogP contribution in [-0.2, 0) is 12.4 Å². The van der Waals surface area contributed by atoms with Crippen LogP contribution in [0.5, 0.6) is 0 Å². The lowest BCUT2D eigenvalue weighted by molar-refractivity contribution is 0.971. The maximum Gasteiger partial charge on any atom is 0.0671 e. The standard InChI is InChI=1S/H2N4S/c1-2-3-4-5/h(H2,1,3,5). The van der Waals surface area contributed by atoms with Crippen LogP contribution in [0.1, 0.15) is 0 Å². The van der Waals surface area contributed by atoms with Crippen molar-refractivity contribution >= 4 is 12.4 Å². The van der Waals surface area contributed by atoms with Gasteiger partial charge < -0.3 is 5.84 Å². The topological polar surface area (TPSA) is 63.1 Å². The third-order valence-corrected chi connectivity index (χ3v) is 0.161. The van der Waals surface area contributed by atoms with E-state index >= 15 is 0 Å². The van der Waals surface area contributed by atoms with Crippen LogP contribution >= 0.6 is 0 Å². The van der Waals surface area contributed by atoms with Crippen LogP contribution in [0.25, 0.3) is 0 Å². The van der Waals surface area contributed by atoms with Crippen LogP contribution in [0, 0.1) is 0 Å². The maximum atomic E-state index is 4.44. The highest BCUT2D eigenvalue weighted by atomic mass is 32.1. The van der Waals surface area contributed by atoms with Crippen molar-refractivity contribution in [2.24, 2.45) is 20.8 Å². The molecule has 4 nitrogen and oxygen atoms in total. The summed E-state index contributed by atoms with van der Waals surface area (Å²) in [6.45, 7) is 0. The van der Waals surface area contributed by atoms with Crippen LogP contribution in [0.2, 0.25) is 0 Å². The lowest BCUT2D eigenvalue weighted by atomic mass is 12.6. The van der Waals surface area contributed by atoms with Crippen molar-refractivity contribution < 1.29 is 0 Å². The molecule has 0 aromatic heterocycles. The van der Waals surface area contributed by atoms with Crippen LogP contribution in [0.3, 0.4) is 0 Å². The van der Waals surface area contributed by atoms with E-state index in [9.17, 15) is 0 Å². The zero-order valence-corrected chi connectivity index (χ0v) is 3.14. The summed E-state index contributed by atoms with van der Waals surface area (Å²) >= 11 is 3.94. The fourth-order valence-corrected chi connectivity index (χ4v) is 0.0632. The molecule has 0 saturated heterocycles. The first-order chi connectivity index (χ1) is 2.41. The van der Waals surface area contributed by atoms with E-state index in [4.69, 9.17) is 0 Å². The molecule has 0 radical (unpaired) electrons. The van der Waals surface area contributed by atoms with E-state index in [1.165, 1.54) is 0 Å². The van der Waals surface area contributed by atoms with Gasteiger partial charge in [-0.1, -0.05) is 9.69 Å². The predicted octanol–water partition coefficient (Wildman–Crippen LogP) is -0.0422. The number of hydrogen-bond donors (Lipinski definition) is 1. The molecular weight excluding hydrogens is 88.1 g/mol. The average molecular weight is 90.1 g/mol. The predicted molar refractivity (Wildman–Crippen MR) is 18.8 cm³/mol. The van der Waals surface area contributed by atoms with Gasteiger partial charge in [0.15, 0.2) is 0 Å². The number of hydrogen-bond acceptors (Lipinski definition) is 2. The molecule has 0 rings (SSSR count). The Balaban J connectivity index is 2.92. The zero-order chi connectivity index (χ0) is 4.12. The van der Waals surface area contributed by atoms with Crippen LogP contribution in [-0.4, -0.2) is 0 Å². The number of nitrogens with two attached hydrogens (primary N) is 1. The minimum absolute atomic E-state index is 2.71. The van der Waals surface area contributed by atoms with E-state index in [1.54, 1.807) is 0 Å². The normalized spacial score (nSPS) is 8.80. The molecule has 0 fully saturated rings. The van der Waals surface area contributed by atoms with Gasteiger partial charge in [0.1, 0.15) is 0 Å². The van der Waals surface area contributed by atoms with Gasteiger partial charge in [0.25, 0.3) is 0 Å². The summed E-state index contributed by atoms with van der Waals surface area (Å²) in [6.07, 6.45) is 0. The van der Waals surface area contributed by atoms with Crippen molar-refractivity contribution in [1.29, 1.82) is 0 Å². The first-order valence-corrected chi connectivity index (χ1v) is 1.21. The van der Waals surface area contributed by atoms with E-state index in [0.29, 0.717) is 0 Å². The number of rotatable bonds is 1. The second-order valence-corrected chi connectivity index (χ2v) is 0.450. The second-order valence-electron chi connectivity index (χ2n) is 0.287. The van der Waals surface area contributed by atoms with Gasteiger partial charge in [-0.15, -0.1) is 0 Å². The smallest absolute Gasteiger partial charge is 0.0671 e. The highest BCUT2D eigenvalue weighted by molar-refractivity contribution is 7.47. The van der Waals surface area contributed by atoms with Crippen molar-refractivity contribution in [2.45, 2.75) is 0 Å². The third-order valence-electron chi connectivity index (χ3n) is 0.0882. The molecule has 0 atom stereocenters. The monoisotopic (exact) mass is 90.0 g/mol. The Labute approximate surface area is 34.2 Å². The molecule has 28 valence electrons. The van der Waals surface area contributed by atoms with Gasteiger partial charge in [0.2, 0.25) is 0 Å². The maximum absolute atomic E-state index is 4.44. The molecule has 0 aliphatic rings. The summed E-state index contributed by atoms with van der Waals surface area (Å²) in [7, 11) is 0. The Bertz CT molecular complexity index is 45.6. The number of nitrogens with zero attached hydrogens (tertiary/aromatic N) is 3. The third kappa shape index (κ3) is 3.42. The van der Waals surface area contributed by atoms with Gasteiger partial charge >= 0.3 is 0 Å². The summed E-state index contributed by atoms with van der Waals surface area (Å²) < 4.78 is 2.77. The zero-order valence-electron chi connectivity index (χ0n) is 2.33. The molecule has 0 saturated carbocycles. The fraction of sp³-hybridized carbons (Fsp3) is 0. The SMILES string of the molecule is N/N=N/N=S. The minimum atomic E-state index is 2.71. The summed E-state index contributed by atoms with van der Waals surface area (Å²) in [5.74, 6) is 4.44. The van der Waals surface area contributed by atoms with Gasteiger partial charge in [0.05, 0.1) is 12.4 Å². The first-order valence-electron chi connectivity index (χ1n) is 0.841. The van der Waals surface area contributed by atoms with Gasteiger partial charge in [-0.3, -0.25) is 0 Å². The molecular formula is H2N4S. The summed E-state index contributed by atoms with van der Waals surface area (Å²) in [5.41, 5.74) is 0. The summed E-state index contributed by atoms with van der Waals surface area (Å²) in [4.78, 5) is 0. The van der Waals surface area contributed by atoms with Crippen LogP contribution < -0.4 is 5.84 Å². The molecule has 0 amide bonds. The Kier molecular flexibility index (Phi) is 3.02. The molecule has 0 aromatic carbocycles. The Hall–Kier alpha value is -0.580. The van der Waals surface area contributed by atoms with Crippen LogP contribution in [0.4, 0.5) is 0 Å². The first kappa shape index (κ1) is 4.42. The largest absolute Gasteiger partial charge is 0.303 e. The van der Waals surface area contributed by atoms with Crippen molar-refractivity contribution in [1.82, 2.24) is 0 Å². The van der Waals surface area contributed by atoms with Crippen molar-refractivity contribution in [3.63, 3.8) is 0 Å². The highest BCUT2D eigenvalue weighted by Crippen LogP contribution is 1.59. The molecule has 2 N–H and O–H groups in total. The molecule has 0 aliphatic carbocycles. The lowest BCUT2D eigenvalue weighted by Crippen LogP contribution is -1.70. The Morgan fingerprint density at radius 1 is 1.60 bits per heavy atom. The van der Waals surface area contributed by atoms with E-state index < -0.39 is 0 Å². The van der Waals surface area contributed by atoms with E-state index in [1.807, 2.05) is 0 Å². The van der Waals surface area contributed by atoms with Crippen molar-refractivity contribution in [3.8, 4) is 0 Å². The molecule has 0 aliphatic heterocycles. The van der Waals surface area contributed by atoms with E-state index in [0.717, 1.165) is 0 Å². The van der Waals surface area contributed by atoms with Gasteiger partial charge in [-0.2, -0.15) is 0 Å². The van der Waals surface area contributed by atoms with Gasteiger partial charge in [-0.25, -0.2) is 0 Å². The molecule has 0 aromatic rings. The molecule has 0 unspecified atom stereocenters. The van der Waals surface area contributed by atoms with E-state index in [-0.39, 0.29) is 0 Å². The van der Waals surface area contributed by atoms with Gasteiger partial charge in [-0.05, 0) is 5.22 Å².